The molecular weight excluding hydrogens is 364 g/mol. The highest BCUT2D eigenvalue weighted by molar-refractivity contribution is 4.52. The van der Waals surface area contributed by atoms with Crippen LogP contribution in [0.25, 0.3) is 0 Å². The van der Waals surface area contributed by atoms with Gasteiger partial charge in [-0.1, -0.05) is 109 Å². The van der Waals surface area contributed by atoms with Crippen LogP contribution in [0.15, 0.2) is 0 Å². The van der Waals surface area contributed by atoms with Gasteiger partial charge in [-0.25, -0.2) is 0 Å². The Morgan fingerprint density at radius 2 is 0.310 bits per heavy atom. The molecule has 4 heteroatoms. The highest BCUT2D eigenvalue weighted by Gasteiger charge is 1.96. The monoisotopic (exact) mass is 422 g/mol. The zero-order valence-corrected chi connectivity index (χ0v) is 20.6. The molecular formula is C25H58O4. The SMILES string of the molecule is C1CCCCCCCCCCCCCCCC1.CCO.CCO.CCO.CCO. The second-order valence-electron chi connectivity index (χ2n) is 7.28. The van der Waals surface area contributed by atoms with E-state index >= 15 is 0 Å². The highest BCUT2D eigenvalue weighted by Crippen LogP contribution is 2.16. The van der Waals surface area contributed by atoms with Crippen LogP contribution in [-0.2, 0) is 0 Å². The molecule has 1 aliphatic rings. The molecule has 0 aromatic heterocycles. The fourth-order valence-corrected chi connectivity index (χ4v) is 3.01. The van der Waals surface area contributed by atoms with Gasteiger partial charge in [0, 0.05) is 26.4 Å². The third-order valence-corrected chi connectivity index (χ3v) is 4.25. The van der Waals surface area contributed by atoms with Crippen molar-refractivity contribution >= 4 is 0 Å². The van der Waals surface area contributed by atoms with Crippen molar-refractivity contribution in [2.75, 3.05) is 26.4 Å². The maximum atomic E-state index is 7.57. The normalized spacial score (nSPS) is 16.6. The Morgan fingerprint density at radius 3 is 0.345 bits per heavy atom. The summed E-state index contributed by atoms with van der Waals surface area (Å²) in [5, 5.41) is 30.3. The Hall–Kier alpha value is -0.160. The molecule has 0 spiro atoms. The van der Waals surface area contributed by atoms with Crippen LogP contribution in [0.1, 0.15) is 137 Å². The Kier molecular flexibility index (Phi) is 57.7. The maximum absolute atomic E-state index is 7.57. The molecule has 0 saturated heterocycles. The van der Waals surface area contributed by atoms with Gasteiger partial charge in [0.25, 0.3) is 0 Å². The van der Waals surface area contributed by atoms with E-state index in [1.165, 1.54) is 109 Å². The summed E-state index contributed by atoms with van der Waals surface area (Å²) in [6.45, 7) is 7.72. The van der Waals surface area contributed by atoms with Crippen LogP contribution >= 0.6 is 0 Å². The maximum Gasteiger partial charge on any atom is 0.0402 e. The third-order valence-electron chi connectivity index (χ3n) is 4.25. The zero-order chi connectivity index (χ0) is 22.8. The average molecular weight is 423 g/mol. The lowest BCUT2D eigenvalue weighted by Gasteiger charge is -2.02. The molecule has 4 N–H and O–H groups in total. The molecule has 0 aliphatic heterocycles. The molecule has 0 unspecified atom stereocenters. The lowest BCUT2D eigenvalue weighted by atomic mass is 10.0. The number of aliphatic hydroxyl groups is 4. The first-order chi connectivity index (χ1) is 14.2. The molecule has 4 nitrogen and oxygen atoms in total. The molecule has 0 aromatic carbocycles. The van der Waals surface area contributed by atoms with Crippen molar-refractivity contribution in [3.8, 4) is 0 Å². The first-order valence-corrected chi connectivity index (χ1v) is 12.6. The van der Waals surface area contributed by atoms with E-state index in [-0.39, 0.29) is 26.4 Å². The van der Waals surface area contributed by atoms with Gasteiger partial charge in [0.15, 0.2) is 0 Å². The number of aliphatic hydroxyl groups excluding tert-OH is 4. The molecule has 182 valence electrons. The van der Waals surface area contributed by atoms with Gasteiger partial charge in [-0.3, -0.25) is 0 Å². The molecule has 1 fully saturated rings. The number of hydrogen-bond donors (Lipinski definition) is 4. The summed E-state index contributed by atoms with van der Waals surface area (Å²) in [5.41, 5.74) is 0. The summed E-state index contributed by atoms with van der Waals surface area (Å²) in [6.07, 6.45) is 25.5. The van der Waals surface area contributed by atoms with Crippen LogP contribution < -0.4 is 0 Å². The van der Waals surface area contributed by atoms with Crippen molar-refractivity contribution in [2.45, 2.75) is 137 Å². The minimum atomic E-state index is 0.250. The second-order valence-corrected chi connectivity index (χ2v) is 7.28. The van der Waals surface area contributed by atoms with E-state index in [1.807, 2.05) is 0 Å². The molecule has 0 heterocycles. The topological polar surface area (TPSA) is 80.9 Å². The van der Waals surface area contributed by atoms with E-state index < -0.39 is 0 Å². The van der Waals surface area contributed by atoms with Crippen molar-refractivity contribution in [1.82, 2.24) is 0 Å². The fraction of sp³-hybridized carbons (Fsp3) is 1.00. The molecule has 0 atom stereocenters. The largest absolute Gasteiger partial charge is 0.397 e. The summed E-state index contributed by atoms with van der Waals surface area (Å²) in [7, 11) is 0. The zero-order valence-electron chi connectivity index (χ0n) is 20.6. The summed E-state index contributed by atoms with van der Waals surface area (Å²) in [4.78, 5) is 0. The van der Waals surface area contributed by atoms with Crippen LogP contribution in [0.3, 0.4) is 0 Å². The van der Waals surface area contributed by atoms with Crippen molar-refractivity contribution in [3.05, 3.63) is 0 Å². The van der Waals surface area contributed by atoms with E-state index in [0.29, 0.717) is 0 Å². The molecule has 29 heavy (non-hydrogen) atoms. The molecule has 0 amide bonds. The van der Waals surface area contributed by atoms with Gasteiger partial charge in [0.05, 0.1) is 0 Å². The molecule has 0 radical (unpaired) electrons. The molecule has 1 rings (SSSR count). The molecule has 0 aromatic rings. The summed E-state index contributed by atoms with van der Waals surface area (Å²) in [6, 6.07) is 0. The minimum absolute atomic E-state index is 0.250. The Morgan fingerprint density at radius 1 is 0.276 bits per heavy atom. The van der Waals surface area contributed by atoms with Gasteiger partial charge in [-0.15, -0.1) is 0 Å². The lowest BCUT2D eigenvalue weighted by molar-refractivity contribution is 0.318. The van der Waals surface area contributed by atoms with E-state index in [4.69, 9.17) is 20.4 Å². The van der Waals surface area contributed by atoms with E-state index in [0.717, 1.165) is 0 Å². The van der Waals surface area contributed by atoms with Crippen LogP contribution in [0, 0.1) is 0 Å². The number of hydrogen-bond acceptors (Lipinski definition) is 4. The minimum Gasteiger partial charge on any atom is -0.397 e. The van der Waals surface area contributed by atoms with Crippen LogP contribution in [0.4, 0.5) is 0 Å². The predicted octanol–water partition coefficient (Wildman–Crippen LogP) is 6.63. The van der Waals surface area contributed by atoms with Crippen LogP contribution in [0.5, 0.6) is 0 Å². The van der Waals surface area contributed by atoms with Crippen molar-refractivity contribution in [1.29, 1.82) is 0 Å². The van der Waals surface area contributed by atoms with Gasteiger partial charge in [0.2, 0.25) is 0 Å². The van der Waals surface area contributed by atoms with E-state index in [1.54, 1.807) is 27.7 Å². The van der Waals surface area contributed by atoms with Gasteiger partial charge in [-0.2, -0.15) is 0 Å². The third kappa shape index (κ3) is 65.5. The second kappa shape index (κ2) is 46.2. The van der Waals surface area contributed by atoms with Crippen molar-refractivity contribution in [2.24, 2.45) is 0 Å². The lowest BCUT2D eigenvalue weighted by Crippen LogP contribution is -1.82. The van der Waals surface area contributed by atoms with Gasteiger partial charge >= 0.3 is 0 Å². The summed E-state index contributed by atoms with van der Waals surface area (Å²) < 4.78 is 0. The summed E-state index contributed by atoms with van der Waals surface area (Å²) >= 11 is 0. The Balaban J connectivity index is -0.000000216. The Labute approximate surface area is 184 Å². The van der Waals surface area contributed by atoms with Crippen molar-refractivity contribution in [3.63, 3.8) is 0 Å². The first-order valence-electron chi connectivity index (χ1n) is 12.6. The predicted molar refractivity (Wildman–Crippen MR) is 130 cm³/mol. The van der Waals surface area contributed by atoms with E-state index in [2.05, 4.69) is 0 Å². The van der Waals surface area contributed by atoms with Crippen LogP contribution in [-0.4, -0.2) is 46.9 Å². The first kappa shape index (κ1) is 36.2. The molecule has 1 saturated carbocycles. The van der Waals surface area contributed by atoms with Crippen molar-refractivity contribution < 1.29 is 20.4 Å². The average Bonchev–Trinajstić information content (AvgIpc) is 2.68. The number of rotatable bonds is 0. The fourth-order valence-electron chi connectivity index (χ4n) is 3.01. The van der Waals surface area contributed by atoms with E-state index in [9.17, 15) is 0 Å². The molecule has 0 bridgehead atoms. The smallest absolute Gasteiger partial charge is 0.0402 e. The summed E-state index contributed by atoms with van der Waals surface area (Å²) in [5.74, 6) is 0. The standard InChI is InChI=1S/C17H34.4C2H6O/c1-2-4-6-8-10-12-14-16-17-15-13-11-9-7-5-3-1;4*1-2-3/h1-17H2;4*3H,2H2,1H3. The van der Waals surface area contributed by atoms with Gasteiger partial charge in [-0.05, 0) is 27.7 Å². The quantitative estimate of drug-likeness (QED) is 0.353. The Bertz CT molecular complexity index is 124. The van der Waals surface area contributed by atoms with Gasteiger partial charge < -0.3 is 20.4 Å². The highest BCUT2D eigenvalue weighted by atomic mass is 16.3. The van der Waals surface area contributed by atoms with Gasteiger partial charge in [0.1, 0.15) is 0 Å². The van der Waals surface area contributed by atoms with Crippen LogP contribution in [0.2, 0.25) is 0 Å². The molecule has 1 aliphatic carbocycles.